The van der Waals surface area contributed by atoms with E-state index in [-0.39, 0.29) is 6.61 Å². The number of carbonyl (C=O) groups is 1. The zero-order valence-corrected chi connectivity index (χ0v) is 4.61. The molecule has 0 bridgehead atoms. The molecule has 1 aromatic rings. The second-order valence-electron chi connectivity index (χ2n) is 1.44. The van der Waals surface area contributed by atoms with Crippen molar-refractivity contribution in [1.82, 2.24) is 5.16 Å². The molecule has 0 unspecified atom stereocenters. The Morgan fingerprint density at radius 2 is 2.78 bits per heavy atom. The average molecular weight is 127 g/mol. The minimum atomic E-state index is 0.229. The van der Waals surface area contributed by atoms with E-state index < -0.39 is 0 Å². The van der Waals surface area contributed by atoms with Gasteiger partial charge in [0, 0.05) is 5.56 Å². The Balaban J connectivity index is 2.38. The molecule has 4 nitrogen and oxygen atoms in total. The Morgan fingerprint density at radius 1 is 1.89 bits per heavy atom. The molecule has 0 amide bonds. The van der Waals surface area contributed by atoms with Gasteiger partial charge in [-0.15, -0.1) is 0 Å². The molecular weight excluding hydrogens is 122 g/mol. The molecule has 1 rings (SSSR count). The highest BCUT2D eigenvalue weighted by Gasteiger charge is 1.92. The van der Waals surface area contributed by atoms with E-state index in [1.807, 2.05) is 0 Å². The van der Waals surface area contributed by atoms with Gasteiger partial charge in [0.2, 0.25) is 0 Å². The first kappa shape index (κ1) is 5.81. The van der Waals surface area contributed by atoms with Crippen LogP contribution in [0.4, 0.5) is 0 Å². The predicted octanol–water partition coefficient (Wildman–Crippen LogP) is 0.348. The summed E-state index contributed by atoms with van der Waals surface area (Å²) >= 11 is 0. The first-order valence-corrected chi connectivity index (χ1v) is 2.37. The molecule has 48 valence electrons. The highest BCUT2D eigenvalue weighted by molar-refractivity contribution is 5.37. The molecule has 1 aromatic heterocycles. The summed E-state index contributed by atoms with van der Waals surface area (Å²) in [5, 5.41) is 3.40. The molecule has 0 saturated heterocycles. The number of rotatable bonds is 3. The van der Waals surface area contributed by atoms with Crippen LogP contribution in [0.15, 0.2) is 17.0 Å². The van der Waals surface area contributed by atoms with Crippen LogP contribution in [0.3, 0.4) is 0 Å². The van der Waals surface area contributed by atoms with Crippen LogP contribution in [0, 0.1) is 0 Å². The van der Waals surface area contributed by atoms with Gasteiger partial charge in [0.1, 0.15) is 12.9 Å². The lowest BCUT2D eigenvalue weighted by molar-refractivity contribution is -0.129. The van der Waals surface area contributed by atoms with Gasteiger partial charge in [0.05, 0.1) is 6.20 Å². The van der Waals surface area contributed by atoms with Crippen molar-refractivity contribution in [3.8, 4) is 0 Å². The molecule has 0 aliphatic carbocycles. The van der Waals surface area contributed by atoms with E-state index in [4.69, 9.17) is 0 Å². The first-order valence-electron chi connectivity index (χ1n) is 2.37. The number of nitrogens with zero attached hydrogens (tertiary/aromatic N) is 1. The summed E-state index contributed by atoms with van der Waals surface area (Å²) in [5.41, 5.74) is 0.752. The van der Waals surface area contributed by atoms with Crippen molar-refractivity contribution in [2.24, 2.45) is 0 Å². The molecule has 9 heavy (non-hydrogen) atoms. The van der Waals surface area contributed by atoms with Crippen molar-refractivity contribution in [3.05, 3.63) is 18.0 Å². The lowest BCUT2D eigenvalue weighted by Gasteiger charge is -1.88. The molecule has 0 aliphatic heterocycles. The van der Waals surface area contributed by atoms with Crippen LogP contribution >= 0.6 is 0 Å². The minimum absolute atomic E-state index is 0.229. The van der Waals surface area contributed by atoms with Gasteiger partial charge in [-0.2, -0.15) is 0 Å². The van der Waals surface area contributed by atoms with Crippen LogP contribution in [-0.4, -0.2) is 11.6 Å². The minimum Gasteiger partial charge on any atom is -0.463 e. The predicted molar refractivity (Wildman–Crippen MR) is 27.4 cm³/mol. The van der Waals surface area contributed by atoms with Crippen molar-refractivity contribution in [1.29, 1.82) is 0 Å². The Labute approximate surface area is 51.4 Å². The zero-order valence-electron chi connectivity index (χ0n) is 4.61. The van der Waals surface area contributed by atoms with Crippen LogP contribution in [0.1, 0.15) is 5.56 Å². The van der Waals surface area contributed by atoms with Gasteiger partial charge in [0.25, 0.3) is 6.47 Å². The van der Waals surface area contributed by atoms with Gasteiger partial charge in [-0.25, -0.2) is 0 Å². The van der Waals surface area contributed by atoms with Gasteiger partial charge in [-0.1, -0.05) is 5.16 Å². The fraction of sp³-hybridized carbons (Fsp3) is 0.200. The quantitative estimate of drug-likeness (QED) is 0.549. The van der Waals surface area contributed by atoms with Gasteiger partial charge in [0.15, 0.2) is 0 Å². The van der Waals surface area contributed by atoms with E-state index in [9.17, 15) is 4.79 Å². The number of hydrogen-bond acceptors (Lipinski definition) is 4. The van der Waals surface area contributed by atoms with Gasteiger partial charge >= 0.3 is 0 Å². The number of ether oxygens (including phenoxy) is 1. The number of hydrogen-bond donors (Lipinski definition) is 0. The van der Waals surface area contributed by atoms with E-state index in [0.29, 0.717) is 6.47 Å². The molecule has 0 aromatic carbocycles. The summed E-state index contributed by atoms with van der Waals surface area (Å²) in [6, 6.07) is 0. The molecule has 0 atom stereocenters. The van der Waals surface area contributed by atoms with Gasteiger partial charge < -0.3 is 9.26 Å². The van der Waals surface area contributed by atoms with Gasteiger partial charge in [-0.3, -0.25) is 4.79 Å². The molecular formula is C5H5NO3. The largest absolute Gasteiger partial charge is 0.463 e. The molecule has 0 radical (unpaired) electrons. The Bertz CT molecular complexity index is 170. The molecule has 0 fully saturated rings. The molecule has 0 aliphatic rings. The maximum atomic E-state index is 9.63. The molecule has 0 spiro atoms. The van der Waals surface area contributed by atoms with Crippen molar-refractivity contribution in [3.63, 3.8) is 0 Å². The summed E-state index contributed by atoms with van der Waals surface area (Å²) in [6.07, 6.45) is 2.91. The van der Waals surface area contributed by atoms with E-state index in [0.717, 1.165) is 5.56 Å². The Hall–Kier alpha value is -1.32. The molecule has 0 N–H and O–H groups in total. The third-order valence-electron chi connectivity index (χ3n) is 0.802. The number of aromatic nitrogens is 1. The highest BCUT2D eigenvalue weighted by atomic mass is 16.5. The maximum Gasteiger partial charge on any atom is 0.293 e. The monoisotopic (exact) mass is 127 g/mol. The third kappa shape index (κ3) is 1.56. The SMILES string of the molecule is O=COCc1cnoc1. The highest BCUT2D eigenvalue weighted by Crippen LogP contribution is 1.96. The van der Waals surface area contributed by atoms with Crippen LogP contribution in [0.5, 0.6) is 0 Å². The summed E-state index contributed by atoms with van der Waals surface area (Å²) in [7, 11) is 0. The van der Waals surface area contributed by atoms with Crippen LogP contribution in [0.2, 0.25) is 0 Å². The summed E-state index contributed by atoms with van der Waals surface area (Å²) < 4.78 is 8.86. The van der Waals surface area contributed by atoms with E-state index >= 15 is 0 Å². The van der Waals surface area contributed by atoms with E-state index in [1.54, 1.807) is 0 Å². The van der Waals surface area contributed by atoms with Crippen molar-refractivity contribution < 1.29 is 14.1 Å². The average Bonchev–Trinajstić information content (AvgIpc) is 2.34. The van der Waals surface area contributed by atoms with Crippen molar-refractivity contribution in [2.75, 3.05) is 0 Å². The fourth-order valence-electron chi connectivity index (χ4n) is 0.428. The molecule has 1 heterocycles. The Kier molecular flexibility index (Phi) is 1.85. The topological polar surface area (TPSA) is 52.3 Å². The summed E-state index contributed by atoms with van der Waals surface area (Å²) in [4.78, 5) is 9.63. The normalized spacial score (nSPS) is 8.89. The first-order chi connectivity index (χ1) is 4.43. The lowest BCUT2D eigenvalue weighted by Crippen LogP contribution is -1.86. The van der Waals surface area contributed by atoms with Crippen molar-refractivity contribution in [2.45, 2.75) is 6.61 Å². The fourth-order valence-corrected chi connectivity index (χ4v) is 0.428. The maximum absolute atomic E-state index is 9.63. The van der Waals surface area contributed by atoms with E-state index in [2.05, 4.69) is 14.4 Å². The third-order valence-corrected chi connectivity index (χ3v) is 0.802. The Morgan fingerprint density at radius 3 is 3.33 bits per heavy atom. The lowest BCUT2D eigenvalue weighted by atomic mass is 10.4. The molecule has 4 heteroatoms. The second-order valence-corrected chi connectivity index (χ2v) is 1.44. The van der Waals surface area contributed by atoms with Crippen LogP contribution < -0.4 is 0 Å². The van der Waals surface area contributed by atoms with Gasteiger partial charge in [-0.05, 0) is 0 Å². The standard InChI is InChI=1S/C5H5NO3/c7-4-8-2-5-1-6-9-3-5/h1,3-4H,2H2. The second kappa shape index (κ2) is 2.86. The summed E-state index contributed by atoms with van der Waals surface area (Å²) in [6.45, 7) is 0.611. The zero-order chi connectivity index (χ0) is 6.53. The van der Waals surface area contributed by atoms with Crippen LogP contribution in [-0.2, 0) is 16.1 Å². The molecule has 0 saturated carbocycles. The smallest absolute Gasteiger partial charge is 0.293 e. The number of carbonyl (C=O) groups excluding carboxylic acids is 1. The van der Waals surface area contributed by atoms with Crippen LogP contribution in [0.25, 0.3) is 0 Å². The van der Waals surface area contributed by atoms with Crippen molar-refractivity contribution >= 4 is 6.47 Å². The summed E-state index contributed by atoms with van der Waals surface area (Å²) in [5.74, 6) is 0. The van der Waals surface area contributed by atoms with E-state index in [1.165, 1.54) is 12.5 Å².